The number of carbonyl (C=O) groups is 1. The van der Waals surface area contributed by atoms with E-state index in [1.54, 1.807) is 0 Å². The molecule has 30 heavy (non-hydrogen) atoms. The van der Waals surface area contributed by atoms with Crippen molar-refractivity contribution < 1.29 is 4.79 Å². The Hall–Kier alpha value is -2.84. The maximum atomic E-state index is 13.4. The third-order valence-electron chi connectivity index (χ3n) is 7.81. The van der Waals surface area contributed by atoms with E-state index in [1.165, 1.54) is 68.4 Å². The van der Waals surface area contributed by atoms with E-state index >= 15 is 0 Å². The van der Waals surface area contributed by atoms with Crippen LogP contribution >= 0.6 is 9.39 Å². The highest BCUT2D eigenvalue weighted by molar-refractivity contribution is 7.14. The highest BCUT2D eigenvalue weighted by Gasteiger charge is 2.40. The van der Waals surface area contributed by atoms with Crippen molar-refractivity contribution in [3.05, 3.63) is 59.7 Å². The van der Waals surface area contributed by atoms with E-state index in [0.717, 1.165) is 5.56 Å². The van der Waals surface area contributed by atoms with Gasteiger partial charge in [0.25, 0.3) is 5.91 Å². The minimum atomic E-state index is 0.131. The molecule has 8 rings (SSSR count). The van der Waals surface area contributed by atoms with Gasteiger partial charge in [-0.2, -0.15) is 0 Å². The Labute approximate surface area is 175 Å². The second-order valence-electron chi connectivity index (χ2n) is 9.13. The number of para-hydroxylation sites is 2. The van der Waals surface area contributed by atoms with Crippen molar-refractivity contribution in [1.82, 2.24) is 13.8 Å². The van der Waals surface area contributed by atoms with Gasteiger partial charge in [-0.15, -0.1) is 0 Å². The average molecular weight is 409 g/mol. The Morgan fingerprint density at radius 1 is 0.800 bits per heavy atom. The van der Waals surface area contributed by atoms with Gasteiger partial charge in [-0.25, -0.2) is 0 Å². The van der Waals surface area contributed by atoms with E-state index in [9.17, 15) is 4.79 Å². The fourth-order valence-corrected chi connectivity index (χ4v) is 7.08. The van der Waals surface area contributed by atoms with E-state index in [1.807, 2.05) is 4.67 Å². The number of carbonyl (C=O) groups excluding carboxylic acids is 1. The van der Waals surface area contributed by atoms with Crippen LogP contribution < -0.4 is 0 Å². The molecule has 3 atom stereocenters. The van der Waals surface area contributed by atoms with E-state index in [4.69, 9.17) is 0 Å². The molecule has 1 aliphatic carbocycles. The van der Waals surface area contributed by atoms with Crippen molar-refractivity contribution in [2.45, 2.75) is 37.9 Å². The molecule has 4 nitrogen and oxygen atoms in total. The van der Waals surface area contributed by atoms with Crippen LogP contribution in [0.25, 0.3) is 43.6 Å². The van der Waals surface area contributed by atoms with Gasteiger partial charge in [0.1, 0.15) is 0 Å². The van der Waals surface area contributed by atoms with Gasteiger partial charge in [0.05, 0.1) is 23.1 Å². The van der Waals surface area contributed by atoms with Crippen molar-refractivity contribution in [2.75, 3.05) is 0 Å². The number of benzene rings is 3. The Morgan fingerprint density at radius 3 is 2.03 bits per heavy atom. The van der Waals surface area contributed by atoms with Crippen LogP contribution in [0.4, 0.5) is 0 Å². The SMILES string of the molecule is O=C1c2c(c3c4ccccc4n4c3c3c2c2ccccc2n3C2CCC4C2)CN1P. The molecule has 3 aliphatic rings. The van der Waals surface area contributed by atoms with Crippen LogP contribution in [0.15, 0.2) is 48.5 Å². The molecule has 1 fully saturated rings. The number of fused-ring (bicyclic) bond motifs is 13. The third-order valence-corrected chi connectivity index (χ3v) is 8.23. The van der Waals surface area contributed by atoms with Gasteiger partial charge in [0, 0.05) is 44.7 Å². The zero-order valence-electron chi connectivity index (χ0n) is 16.4. The van der Waals surface area contributed by atoms with Gasteiger partial charge in [-0.1, -0.05) is 36.4 Å². The normalized spacial score (nSPS) is 22.3. The predicted molar refractivity (Wildman–Crippen MR) is 124 cm³/mol. The van der Waals surface area contributed by atoms with Gasteiger partial charge < -0.3 is 13.8 Å². The lowest BCUT2D eigenvalue weighted by atomic mass is 9.97. The molecule has 3 aromatic carbocycles. The zero-order chi connectivity index (χ0) is 19.7. The molecule has 2 aromatic heterocycles. The van der Waals surface area contributed by atoms with Crippen LogP contribution in [-0.2, 0) is 6.54 Å². The molecular weight excluding hydrogens is 389 g/mol. The highest BCUT2D eigenvalue weighted by atomic mass is 31.0. The van der Waals surface area contributed by atoms with E-state index < -0.39 is 0 Å². The molecule has 5 aromatic rings. The number of amides is 1. The summed E-state index contributed by atoms with van der Waals surface area (Å²) in [4.78, 5) is 13.4. The first-order valence-corrected chi connectivity index (χ1v) is 11.3. The van der Waals surface area contributed by atoms with Crippen LogP contribution in [0.1, 0.15) is 47.3 Å². The number of aromatic nitrogens is 2. The largest absolute Gasteiger partial charge is 0.336 e. The molecule has 0 N–H and O–H groups in total. The van der Waals surface area contributed by atoms with E-state index in [2.05, 4.69) is 67.1 Å². The number of hydrogen-bond donors (Lipinski definition) is 0. The maximum absolute atomic E-state index is 13.4. The lowest BCUT2D eigenvalue weighted by Crippen LogP contribution is -2.10. The summed E-state index contributed by atoms with van der Waals surface area (Å²) in [6, 6.07) is 18.5. The van der Waals surface area contributed by atoms with Crippen molar-refractivity contribution in [3.63, 3.8) is 0 Å². The summed E-state index contributed by atoms with van der Waals surface area (Å²) >= 11 is 0. The molecule has 2 aliphatic heterocycles. The molecule has 2 bridgehead atoms. The molecule has 0 spiro atoms. The number of hydrogen-bond acceptors (Lipinski definition) is 1. The Kier molecular flexibility index (Phi) is 2.69. The van der Waals surface area contributed by atoms with Gasteiger partial charge >= 0.3 is 0 Å². The summed E-state index contributed by atoms with van der Waals surface area (Å²) in [5.41, 5.74) is 7.35. The van der Waals surface area contributed by atoms with Crippen molar-refractivity contribution >= 4 is 58.9 Å². The monoisotopic (exact) mass is 409 g/mol. The van der Waals surface area contributed by atoms with Crippen LogP contribution in [-0.4, -0.2) is 19.7 Å². The molecule has 4 heterocycles. The van der Waals surface area contributed by atoms with Crippen LogP contribution in [0.5, 0.6) is 0 Å². The molecule has 3 unspecified atom stereocenters. The summed E-state index contributed by atoms with van der Waals surface area (Å²) in [5.74, 6) is 0.131. The Morgan fingerprint density at radius 2 is 1.37 bits per heavy atom. The minimum Gasteiger partial charge on any atom is -0.336 e. The maximum Gasteiger partial charge on any atom is 0.258 e. The molecule has 5 heteroatoms. The van der Waals surface area contributed by atoms with Crippen molar-refractivity contribution in [2.24, 2.45) is 0 Å². The second kappa shape index (κ2) is 5.07. The lowest BCUT2D eigenvalue weighted by molar-refractivity contribution is 0.0889. The van der Waals surface area contributed by atoms with Gasteiger partial charge in [0.15, 0.2) is 0 Å². The van der Waals surface area contributed by atoms with Crippen LogP contribution in [0.3, 0.4) is 0 Å². The topological polar surface area (TPSA) is 30.2 Å². The molecule has 1 saturated carbocycles. The predicted octanol–water partition coefficient (Wildman–Crippen LogP) is 5.93. The zero-order valence-corrected chi connectivity index (χ0v) is 17.6. The highest BCUT2D eigenvalue weighted by Crippen LogP contribution is 2.54. The molecule has 146 valence electrons. The molecule has 1 amide bonds. The van der Waals surface area contributed by atoms with E-state index in [-0.39, 0.29) is 5.91 Å². The van der Waals surface area contributed by atoms with Crippen molar-refractivity contribution in [3.8, 4) is 0 Å². The summed E-state index contributed by atoms with van der Waals surface area (Å²) in [7, 11) is 2.65. The van der Waals surface area contributed by atoms with Gasteiger partial charge in [-0.3, -0.25) is 4.79 Å². The molecule has 0 radical (unpaired) electrons. The number of nitrogens with zero attached hydrogens (tertiary/aromatic N) is 3. The number of rotatable bonds is 0. The van der Waals surface area contributed by atoms with Crippen molar-refractivity contribution in [1.29, 1.82) is 0 Å². The Balaban J connectivity index is 1.80. The molecule has 0 saturated heterocycles. The first-order chi connectivity index (χ1) is 14.7. The minimum absolute atomic E-state index is 0.131. The fourth-order valence-electron chi connectivity index (χ4n) is 6.77. The first kappa shape index (κ1) is 15.9. The summed E-state index contributed by atoms with van der Waals surface area (Å²) in [6.45, 7) is 0.660. The lowest BCUT2D eigenvalue weighted by Gasteiger charge is -2.16. The third kappa shape index (κ3) is 1.59. The Bertz CT molecular complexity index is 1610. The second-order valence-corrected chi connectivity index (χ2v) is 9.75. The van der Waals surface area contributed by atoms with Crippen LogP contribution in [0.2, 0.25) is 0 Å². The summed E-state index contributed by atoms with van der Waals surface area (Å²) in [5, 5.41) is 4.98. The summed E-state index contributed by atoms with van der Waals surface area (Å²) in [6.07, 6.45) is 3.59. The fraction of sp³-hybridized carbons (Fsp3) is 0.240. The average Bonchev–Trinajstić information content (AvgIpc) is 3.47. The van der Waals surface area contributed by atoms with E-state index in [0.29, 0.717) is 18.6 Å². The standard InChI is InChI=1S/C25H20N3OP/c29-25-22-17(12-26(25)30)20-15-5-1-3-7-18(15)27-13-9-10-14(11-13)28-19-8-4-2-6-16(19)21(22)24(28)23(20)27/h1-8,13-14H,9-12,30H2. The van der Waals surface area contributed by atoms with Gasteiger partial charge in [-0.05, 0) is 46.3 Å². The molecular formula is C25H20N3OP. The first-order valence-electron chi connectivity index (χ1n) is 10.8. The van der Waals surface area contributed by atoms with Crippen LogP contribution in [0, 0.1) is 0 Å². The summed E-state index contributed by atoms with van der Waals surface area (Å²) < 4.78 is 7.03. The van der Waals surface area contributed by atoms with Gasteiger partial charge in [0.2, 0.25) is 0 Å². The quantitative estimate of drug-likeness (QED) is 0.292. The smallest absolute Gasteiger partial charge is 0.258 e.